The summed E-state index contributed by atoms with van der Waals surface area (Å²) in [7, 11) is 1.77. The molecule has 1 atom stereocenters. The number of nitrogens with two attached hydrogens (primary N) is 1. The molecule has 7 nitrogen and oxygen atoms in total. The molecule has 9 heteroatoms. The summed E-state index contributed by atoms with van der Waals surface area (Å²) in [6.45, 7) is 1.69. The number of aryl methyl sites for hydroxylation is 2. The minimum atomic E-state index is -1.60. The van der Waals surface area contributed by atoms with Crippen molar-refractivity contribution < 1.29 is 18.7 Å². The van der Waals surface area contributed by atoms with Crippen LogP contribution in [-0.4, -0.2) is 25.5 Å². The summed E-state index contributed by atoms with van der Waals surface area (Å²) in [5.41, 5.74) is 8.19. The molecule has 0 spiro atoms. The van der Waals surface area contributed by atoms with Gasteiger partial charge in [-0.05, 0) is 42.3 Å². The lowest BCUT2D eigenvalue weighted by molar-refractivity contribution is -0.124. The topological polar surface area (TPSA) is 106 Å². The minimum Gasteiger partial charge on any atom is -0.383 e. The van der Waals surface area contributed by atoms with E-state index in [0.717, 1.165) is 12.1 Å². The molecule has 2 aromatic heterocycles. The summed E-state index contributed by atoms with van der Waals surface area (Å²) < 4.78 is 30.2. The number of nitrogens with one attached hydrogen (secondary N) is 1. The van der Waals surface area contributed by atoms with Crippen molar-refractivity contribution in [2.45, 2.75) is 13.0 Å². The quantitative estimate of drug-likeness (QED) is 0.466. The van der Waals surface area contributed by atoms with Crippen LogP contribution in [0, 0.1) is 18.6 Å². The summed E-state index contributed by atoms with van der Waals surface area (Å²) in [5.74, 6) is -1.74. The lowest BCUT2D eigenvalue weighted by Gasteiger charge is -2.14. The molecule has 2 aromatic carbocycles. The van der Waals surface area contributed by atoms with Gasteiger partial charge < -0.3 is 20.7 Å². The van der Waals surface area contributed by atoms with Gasteiger partial charge in [0.15, 0.2) is 6.10 Å². The Hall–Kier alpha value is -3.85. The first-order valence-electron chi connectivity index (χ1n) is 9.36. The van der Waals surface area contributed by atoms with Crippen LogP contribution in [0.3, 0.4) is 0 Å². The zero-order chi connectivity index (χ0) is 22.3. The number of aliphatic hydroxyl groups excluding tert-OH is 1. The van der Waals surface area contributed by atoms with E-state index in [0.29, 0.717) is 27.7 Å². The normalized spacial score (nSPS) is 12.2. The number of carbonyl (C=O) groups excluding carboxylic acids is 1. The third-order valence-corrected chi connectivity index (χ3v) is 5.02. The number of halogens is 2. The van der Waals surface area contributed by atoms with Gasteiger partial charge in [-0.2, -0.15) is 0 Å². The molecule has 0 radical (unpaired) electrons. The van der Waals surface area contributed by atoms with Gasteiger partial charge in [0.05, 0.1) is 5.39 Å². The number of nitrogens with zero attached hydrogens (tertiary/aromatic N) is 3. The molecule has 0 aliphatic heterocycles. The molecule has 1 amide bonds. The fourth-order valence-electron chi connectivity index (χ4n) is 3.62. The summed E-state index contributed by atoms with van der Waals surface area (Å²) in [6.07, 6.45) is 1.45. The Balaban J connectivity index is 1.68. The van der Waals surface area contributed by atoms with Gasteiger partial charge in [0.25, 0.3) is 5.91 Å². The van der Waals surface area contributed by atoms with Crippen molar-refractivity contribution in [2.75, 3.05) is 11.1 Å². The number of hydrogen-bond acceptors (Lipinski definition) is 5. The van der Waals surface area contributed by atoms with Crippen molar-refractivity contribution in [2.24, 2.45) is 7.05 Å². The molecule has 0 saturated carbocycles. The van der Waals surface area contributed by atoms with E-state index in [2.05, 4.69) is 15.3 Å². The maximum absolute atomic E-state index is 15.1. The number of aliphatic hydroxyl groups is 1. The summed E-state index contributed by atoms with van der Waals surface area (Å²) in [4.78, 5) is 20.6. The monoisotopic (exact) mass is 423 g/mol. The number of benzene rings is 2. The molecule has 4 rings (SSSR count). The van der Waals surface area contributed by atoms with E-state index in [1.54, 1.807) is 30.8 Å². The van der Waals surface area contributed by atoms with Crippen LogP contribution in [-0.2, 0) is 11.8 Å². The molecule has 4 aromatic rings. The highest BCUT2D eigenvalue weighted by molar-refractivity contribution is 6.02. The molecular formula is C22H19F2N5O2. The Labute approximate surface area is 176 Å². The zero-order valence-electron chi connectivity index (χ0n) is 16.7. The lowest BCUT2D eigenvalue weighted by Crippen LogP contribution is -2.21. The van der Waals surface area contributed by atoms with Crippen LogP contribution in [0.2, 0.25) is 0 Å². The van der Waals surface area contributed by atoms with E-state index in [4.69, 9.17) is 5.73 Å². The van der Waals surface area contributed by atoms with Crippen molar-refractivity contribution in [1.82, 2.24) is 14.5 Å². The Morgan fingerprint density at radius 3 is 2.71 bits per heavy atom. The smallest absolute Gasteiger partial charge is 0.257 e. The molecule has 31 heavy (non-hydrogen) atoms. The van der Waals surface area contributed by atoms with Crippen LogP contribution in [0.1, 0.15) is 17.2 Å². The standard InChI is InChI=1S/C22H19F2N5O2/c1-11-6-14(28-22(31)19(30)12-4-3-5-13(23)7-12)8-16(24)17(11)15-9-29(2)21-18(15)20(25)26-10-27-21/h3-10,19,30H,1-2H3,(H,28,31)(H2,25,26,27). The van der Waals surface area contributed by atoms with Crippen LogP contribution >= 0.6 is 0 Å². The van der Waals surface area contributed by atoms with Crippen molar-refractivity contribution in [3.05, 3.63) is 71.7 Å². The second-order valence-electron chi connectivity index (χ2n) is 7.21. The number of hydrogen-bond donors (Lipinski definition) is 3. The van der Waals surface area contributed by atoms with E-state index >= 15 is 4.39 Å². The number of fused-ring (bicyclic) bond motifs is 1. The zero-order valence-corrected chi connectivity index (χ0v) is 16.7. The van der Waals surface area contributed by atoms with Gasteiger partial charge in [0.2, 0.25) is 0 Å². The first kappa shape index (κ1) is 20.4. The van der Waals surface area contributed by atoms with Crippen LogP contribution in [0.15, 0.2) is 48.9 Å². The van der Waals surface area contributed by atoms with Crippen molar-refractivity contribution >= 4 is 28.4 Å². The largest absolute Gasteiger partial charge is 0.383 e. The van der Waals surface area contributed by atoms with Crippen LogP contribution in [0.4, 0.5) is 20.3 Å². The Morgan fingerprint density at radius 2 is 2.00 bits per heavy atom. The van der Waals surface area contributed by atoms with Crippen molar-refractivity contribution in [1.29, 1.82) is 0 Å². The van der Waals surface area contributed by atoms with Crippen molar-refractivity contribution in [3.63, 3.8) is 0 Å². The third kappa shape index (κ3) is 3.71. The molecule has 0 saturated heterocycles. The Kier molecular flexibility index (Phi) is 5.12. The lowest BCUT2D eigenvalue weighted by atomic mass is 9.99. The number of rotatable bonds is 4. The average Bonchev–Trinajstić information content (AvgIpc) is 3.04. The van der Waals surface area contributed by atoms with E-state index < -0.39 is 23.6 Å². The fraction of sp³-hybridized carbons (Fsp3) is 0.136. The van der Waals surface area contributed by atoms with E-state index in [9.17, 15) is 14.3 Å². The SMILES string of the molecule is Cc1cc(NC(=O)C(O)c2cccc(F)c2)cc(F)c1-c1cn(C)c2ncnc(N)c12. The Morgan fingerprint density at radius 1 is 1.23 bits per heavy atom. The third-order valence-electron chi connectivity index (χ3n) is 5.02. The highest BCUT2D eigenvalue weighted by Crippen LogP contribution is 2.37. The van der Waals surface area contributed by atoms with E-state index in [1.165, 1.54) is 24.5 Å². The van der Waals surface area contributed by atoms with Crippen molar-refractivity contribution in [3.8, 4) is 11.1 Å². The van der Waals surface area contributed by atoms with Gasteiger partial charge in [-0.3, -0.25) is 4.79 Å². The average molecular weight is 423 g/mol. The Bertz CT molecular complexity index is 1300. The van der Waals surface area contributed by atoms with Crippen LogP contribution in [0.25, 0.3) is 22.2 Å². The van der Waals surface area contributed by atoms with Gasteiger partial charge in [0, 0.05) is 30.1 Å². The fourth-order valence-corrected chi connectivity index (χ4v) is 3.62. The molecule has 4 N–H and O–H groups in total. The molecule has 158 valence electrons. The van der Waals surface area contributed by atoms with Gasteiger partial charge >= 0.3 is 0 Å². The summed E-state index contributed by atoms with van der Waals surface area (Å²) in [5, 5.41) is 13.2. The first-order chi connectivity index (χ1) is 14.8. The maximum atomic E-state index is 15.1. The second kappa shape index (κ2) is 7.77. The van der Waals surface area contributed by atoms with Gasteiger partial charge in [0.1, 0.15) is 29.4 Å². The highest BCUT2D eigenvalue weighted by Gasteiger charge is 2.21. The number of nitrogen functional groups attached to an aromatic ring is 1. The molecule has 0 aliphatic rings. The molecule has 0 fully saturated rings. The maximum Gasteiger partial charge on any atom is 0.257 e. The van der Waals surface area contributed by atoms with Crippen LogP contribution in [0.5, 0.6) is 0 Å². The molecule has 1 unspecified atom stereocenters. The number of aromatic nitrogens is 3. The second-order valence-corrected chi connectivity index (χ2v) is 7.21. The van der Waals surface area contributed by atoms with Crippen LogP contribution < -0.4 is 11.1 Å². The van der Waals surface area contributed by atoms with Gasteiger partial charge in [-0.15, -0.1) is 0 Å². The predicted octanol–water partition coefficient (Wildman–Crippen LogP) is 3.48. The minimum absolute atomic E-state index is 0.0949. The van der Waals surface area contributed by atoms with Gasteiger partial charge in [-0.25, -0.2) is 18.7 Å². The summed E-state index contributed by atoms with van der Waals surface area (Å²) in [6, 6.07) is 7.81. The number of carbonyl (C=O) groups is 1. The number of anilines is 2. The van der Waals surface area contributed by atoms with Gasteiger partial charge in [-0.1, -0.05) is 12.1 Å². The molecule has 0 bridgehead atoms. The molecule has 0 aliphatic carbocycles. The molecule has 2 heterocycles. The van der Waals surface area contributed by atoms with E-state index in [-0.39, 0.29) is 17.1 Å². The molecular weight excluding hydrogens is 404 g/mol. The highest BCUT2D eigenvalue weighted by atomic mass is 19.1. The predicted molar refractivity (Wildman–Crippen MR) is 113 cm³/mol. The first-order valence-corrected chi connectivity index (χ1v) is 9.36. The van der Waals surface area contributed by atoms with E-state index in [1.807, 2.05) is 0 Å². The number of amides is 1. The summed E-state index contributed by atoms with van der Waals surface area (Å²) >= 11 is 0.